The van der Waals surface area contributed by atoms with Gasteiger partial charge >= 0.3 is 0 Å². The van der Waals surface area contributed by atoms with Gasteiger partial charge < -0.3 is 18.9 Å². The third-order valence-corrected chi connectivity index (χ3v) is 6.77. The van der Waals surface area contributed by atoms with Crippen molar-refractivity contribution in [1.29, 1.82) is 0 Å². The summed E-state index contributed by atoms with van der Waals surface area (Å²) in [5.74, 6) is 1.42. The van der Waals surface area contributed by atoms with Gasteiger partial charge in [-0.05, 0) is 32.0 Å². The monoisotopic (exact) mass is 442 g/mol. The molecule has 0 amide bonds. The summed E-state index contributed by atoms with van der Waals surface area (Å²) in [6.45, 7) is 9.33. The zero-order valence-corrected chi connectivity index (χ0v) is 19.2. The fourth-order valence-corrected chi connectivity index (χ4v) is 5.05. The molecule has 0 N–H and O–H groups in total. The molecule has 8 nitrogen and oxygen atoms in total. The van der Waals surface area contributed by atoms with Crippen LogP contribution in [0.25, 0.3) is 0 Å². The quantitative estimate of drug-likeness (QED) is 0.578. The van der Waals surface area contributed by atoms with Crippen molar-refractivity contribution >= 4 is 10.0 Å². The van der Waals surface area contributed by atoms with Crippen molar-refractivity contribution in [3.63, 3.8) is 0 Å². The summed E-state index contributed by atoms with van der Waals surface area (Å²) < 4.78 is 49.3. The first kappa shape index (κ1) is 23.3. The van der Waals surface area contributed by atoms with Crippen molar-refractivity contribution in [2.75, 3.05) is 66.0 Å². The molecule has 1 atom stereocenters. The molecule has 0 spiro atoms. The van der Waals surface area contributed by atoms with E-state index in [9.17, 15) is 8.42 Å². The van der Waals surface area contributed by atoms with Crippen LogP contribution in [0.3, 0.4) is 0 Å². The minimum atomic E-state index is -3.44. The van der Waals surface area contributed by atoms with Crippen LogP contribution in [0.15, 0.2) is 18.2 Å². The highest BCUT2D eigenvalue weighted by Gasteiger charge is 2.40. The summed E-state index contributed by atoms with van der Waals surface area (Å²) in [4.78, 5) is 2.31. The minimum absolute atomic E-state index is 0.289. The van der Waals surface area contributed by atoms with Crippen molar-refractivity contribution in [2.45, 2.75) is 31.9 Å². The molecule has 0 bridgehead atoms. The Hall–Kier alpha value is -1.39. The van der Waals surface area contributed by atoms with E-state index >= 15 is 0 Å². The molecule has 9 heteroatoms. The van der Waals surface area contributed by atoms with Crippen LogP contribution in [-0.2, 0) is 19.5 Å². The number of methoxy groups -OCH3 is 1. The highest BCUT2D eigenvalue weighted by Crippen LogP contribution is 2.44. The molecule has 3 rings (SSSR count). The molecule has 1 fully saturated rings. The Bertz CT molecular complexity index is 808. The number of nitrogens with zero attached hydrogens (tertiary/aromatic N) is 2. The molecule has 1 aromatic carbocycles. The van der Waals surface area contributed by atoms with E-state index in [4.69, 9.17) is 18.9 Å². The standard InChI is InChI=1S/C21H34N2O6S/c1-21(2)16-19(23(10-11-26-3)30(4,24)25)18-15-17(5-6-20(18)29-21)28-14-9-22-7-12-27-13-8-22/h5-6,15,19H,7-14,16H2,1-4H3. The van der Waals surface area contributed by atoms with E-state index in [0.29, 0.717) is 25.4 Å². The van der Waals surface area contributed by atoms with Gasteiger partial charge in [0.2, 0.25) is 10.0 Å². The SMILES string of the molecule is COCCN(C1CC(C)(C)Oc2ccc(OCCN3CCOCC3)cc21)S(C)(=O)=O. The van der Waals surface area contributed by atoms with Gasteiger partial charge in [-0.15, -0.1) is 0 Å². The van der Waals surface area contributed by atoms with Gasteiger partial charge in [-0.1, -0.05) is 0 Å². The van der Waals surface area contributed by atoms with E-state index in [2.05, 4.69) is 4.90 Å². The third-order valence-electron chi connectivity index (χ3n) is 5.48. The summed E-state index contributed by atoms with van der Waals surface area (Å²) in [5, 5.41) is 0. The number of fused-ring (bicyclic) bond motifs is 1. The van der Waals surface area contributed by atoms with Crippen LogP contribution in [0.4, 0.5) is 0 Å². The molecule has 2 aliphatic heterocycles. The highest BCUT2D eigenvalue weighted by atomic mass is 32.2. The number of morpholine rings is 1. The Balaban J connectivity index is 1.79. The molecule has 1 aromatic rings. The van der Waals surface area contributed by atoms with Crippen LogP contribution in [0.5, 0.6) is 11.5 Å². The molecule has 2 aliphatic rings. The molecule has 1 unspecified atom stereocenters. The van der Waals surface area contributed by atoms with Gasteiger partial charge in [0, 0.05) is 45.3 Å². The molecule has 2 heterocycles. The van der Waals surface area contributed by atoms with Gasteiger partial charge in [-0.3, -0.25) is 4.90 Å². The number of rotatable bonds is 9. The van der Waals surface area contributed by atoms with Gasteiger partial charge in [0.1, 0.15) is 23.7 Å². The first-order valence-electron chi connectivity index (χ1n) is 10.4. The third kappa shape index (κ3) is 6.07. The number of ether oxygens (including phenoxy) is 4. The zero-order chi connectivity index (χ0) is 21.8. The summed E-state index contributed by atoms with van der Waals surface area (Å²) >= 11 is 0. The molecule has 0 aromatic heterocycles. The summed E-state index contributed by atoms with van der Waals surface area (Å²) in [5.41, 5.74) is 0.353. The Labute approximate surface area is 180 Å². The molecule has 0 saturated carbocycles. The smallest absolute Gasteiger partial charge is 0.211 e. The second kappa shape index (κ2) is 9.82. The Kier molecular flexibility index (Phi) is 7.62. The Morgan fingerprint density at radius 3 is 2.63 bits per heavy atom. The summed E-state index contributed by atoms with van der Waals surface area (Å²) in [6.07, 6.45) is 1.79. The number of sulfonamides is 1. The summed E-state index contributed by atoms with van der Waals surface area (Å²) in [7, 11) is -1.86. The lowest BCUT2D eigenvalue weighted by Crippen LogP contribution is -2.44. The fourth-order valence-electron chi connectivity index (χ4n) is 3.99. The van der Waals surface area contributed by atoms with E-state index in [-0.39, 0.29) is 12.6 Å². The van der Waals surface area contributed by atoms with E-state index in [1.807, 2.05) is 32.0 Å². The highest BCUT2D eigenvalue weighted by molar-refractivity contribution is 7.88. The second-order valence-electron chi connectivity index (χ2n) is 8.45. The van der Waals surface area contributed by atoms with Crippen LogP contribution in [0.1, 0.15) is 31.9 Å². The van der Waals surface area contributed by atoms with E-state index in [1.165, 1.54) is 10.6 Å². The van der Waals surface area contributed by atoms with E-state index < -0.39 is 15.6 Å². The second-order valence-corrected chi connectivity index (χ2v) is 10.4. The van der Waals surface area contributed by atoms with E-state index in [0.717, 1.165) is 44.2 Å². The average Bonchev–Trinajstić information content (AvgIpc) is 2.67. The van der Waals surface area contributed by atoms with Crippen molar-refractivity contribution in [1.82, 2.24) is 9.21 Å². The van der Waals surface area contributed by atoms with Crippen molar-refractivity contribution in [3.05, 3.63) is 23.8 Å². The maximum absolute atomic E-state index is 12.6. The van der Waals surface area contributed by atoms with Crippen LogP contribution < -0.4 is 9.47 Å². The van der Waals surface area contributed by atoms with Crippen molar-refractivity contribution in [2.24, 2.45) is 0 Å². The van der Waals surface area contributed by atoms with Gasteiger partial charge in [0.05, 0.1) is 32.1 Å². The largest absolute Gasteiger partial charge is 0.492 e. The van der Waals surface area contributed by atoms with Gasteiger partial charge in [0.15, 0.2) is 0 Å². The van der Waals surface area contributed by atoms with Crippen molar-refractivity contribution < 1.29 is 27.4 Å². The molecule has 30 heavy (non-hydrogen) atoms. The normalized spacial score (nSPS) is 21.8. The topological polar surface area (TPSA) is 77.5 Å². The van der Waals surface area contributed by atoms with Gasteiger partial charge in [0.25, 0.3) is 0 Å². The average molecular weight is 443 g/mol. The van der Waals surface area contributed by atoms with Crippen LogP contribution in [0.2, 0.25) is 0 Å². The number of hydrogen-bond donors (Lipinski definition) is 0. The summed E-state index contributed by atoms with van der Waals surface area (Å²) in [6, 6.07) is 5.34. The lowest BCUT2D eigenvalue weighted by Gasteiger charge is -2.41. The lowest BCUT2D eigenvalue weighted by atomic mass is 9.89. The molecule has 1 saturated heterocycles. The Morgan fingerprint density at radius 1 is 1.23 bits per heavy atom. The first-order valence-corrected chi connectivity index (χ1v) is 12.3. The first-order chi connectivity index (χ1) is 14.2. The maximum atomic E-state index is 12.6. The zero-order valence-electron chi connectivity index (χ0n) is 18.4. The molecule has 0 aliphatic carbocycles. The van der Waals surface area contributed by atoms with Crippen LogP contribution >= 0.6 is 0 Å². The van der Waals surface area contributed by atoms with E-state index in [1.54, 1.807) is 7.11 Å². The number of benzene rings is 1. The lowest BCUT2D eigenvalue weighted by molar-refractivity contribution is 0.0320. The molecule has 0 radical (unpaired) electrons. The van der Waals surface area contributed by atoms with Crippen molar-refractivity contribution in [3.8, 4) is 11.5 Å². The maximum Gasteiger partial charge on any atom is 0.211 e. The van der Waals surface area contributed by atoms with Crippen LogP contribution in [-0.4, -0.2) is 89.2 Å². The predicted molar refractivity (Wildman–Crippen MR) is 115 cm³/mol. The predicted octanol–water partition coefficient (Wildman–Crippen LogP) is 1.91. The Morgan fingerprint density at radius 2 is 1.97 bits per heavy atom. The van der Waals surface area contributed by atoms with Gasteiger partial charge in [-0.25, -0.2) is 8.42 Å². The van der Waals surface area contributed by atoms with Gasteiger partial charge in [-0.2, -0.15) is 4.31 Å². The fraction of sp³-hybridized carbons (Fsp3) is 0.714. The van der Waals surface area contributed by atoms with Crippen LogP contribution in [0, 0.1) is 0 Å². The molecular weight excluding hydrogens is 408 g/mol. The number of hydrogen-bond acceptors (Lipinski definition) is 7. The minimum Gasteiger partial charge on any atom is -0.492 e. The molecular formula is C21H34N2O6S. The molecule has 170 valence electrons.